The van der Waals surface area contributed by atoms with Gasteiger partial charge in [0.1, 0.15) is 0 Å². The number of rotatable bonds is 3. The topological polar surface area (TPSA) is 68.5 Å². The van der Waals surface area contributed by atoms with Crippen molar-refractivity contribution in [3.05, 3.63) is 63.5 Å². The van der Waals surface area contributed by atoms with Gasteiger partial charge in [-0.1, -0.05) is 46.6 Å². The number of nitrogens with zero attached hydrogens (tertiary/aromatic N) is 3. The minimum Gasteiger partial charge on any atom is -0.446 e. The second kappa shape index (κ2) is 7.74. The predicted octanol–water partition coefficient (Wildman–Crippen LogP) is 5.66. The maximum Gasteiger partial charge on any atom is 0.418 e. The Morgan fingerprint density at radius 2 is 2.04 bits per heavy atom. The third kappa shape index (κ3) is 3.73. The number of amides is 1. The number of hydrogen-bond acceptors (Lipinski definition) is 5. The van der Waals surface area contributed by atoms with E-state index in [9.17, 15) is 4.79 Å². The molecule has 2 heterocycles. The summed E-state index contributed by atoms with van der Waals surface area (Å²) in [6.45, 7) is 7.24. The second-order valence-corrected chi connectivity index (χ2v) is 7.23. The molecule has 0 saturated heterocycles. The van der Waals surface area contributed by atoms with E-state index >= 15 is 0 Å². The van der Waals surface area contributed by atoms with Crippen molar-refractivity contribution in [2.75, 3.05) is 0 Å². The molecule has 0 bridgehead atoms. The highest BCUT2D eigenvalue weighted by Gasteiger charge is 2.34. The number of halogens is 2. The first kappa shape index (κ1) is 19.5. The van der Waals surface area contributed by atoms with Crippen molar-refractivity contribution in [2.45, 2.75) is 39.7 Å². The number of benzene rings is 1. The van der Waals surface area contributed by atoms with Crippen LogP contribution in [0.15, 0.2) is 46.5 Å². The number of allylic oxidation sites excluding steroid dienone is 4. The van der Waals surface area contributed by atoms with Gasteiger partial charge >= 0.3 is 6.09 Å². The summed E-state index contributed by atoms with van der Waals surface area (Å²) in [4.78, 5) is 18.3. The van der Waals surface area contributed by atoms with Crippen molar-refractivity contribution in [3.8, 4) is 0 Å². The van der Waals surface area contributed by atoms with Crippen LogP contribution >= 0.6 is 23.2 Å². The summed E-state index contributed by atoms with van der Waals surface area (Å²) in [6.07, 6.45) is 2.51. The maximum atomic E-state index is 12.6. The fraction of sp³-hybridized carbons (Fsp3) is 0.316. The fourth-order valence-corrected chi connectivity index (χ4v) is 3.56. The first-order valence-electron chi connectivity index (χ1n) is 8.42. The molecule has 0 spiro atoms. The zero-order chi connectivity index (χ0) is 19.7. The molecule has 0 fully saturated rings. The van der Waals surface area contributed by atoms with Gasteiger partial charge in [-0.05, 0) is 39.3 Å². The molecule has 0 aliphatic carbocycles. The molecule has 142 valence electrons. The summed E-state index contributed by atoms with van der Waals surface area (Å²) in [7, 11) is 0. The Balaban J connectivity index is 2.16. The van der Waals surface area contributed by atoms with E-state index in [0.29, 0.717) is 32.9 Å². The summed E-state index contributed by atoms with van der Waals surface area (Å²) in [5.74, 6) is -0.000566. The molecule has 0 saturated carbocycles. The van der Waals surface area contributed by atoms with Crippen LogP contribution in [0, 0.1) is 0 Å². The first-order valence-corrected chi connectivity index (χ1v) is 9.17. The maximum absolute atomic E-state index is 12.6. The third-order valence-corrected chi connectivity index (χ3v) is 5.06. The minimum absolute atomic E-state index is 0.245. The zero-order valence-corrected chi connectivity index (χ0v) is 16.9. The van der Waals surface area contributed by atoms with E-state index in [1.165, 1.54) is 11.2 Å². The second-order valence-electron chi connectivity index (χ2n) is 6.44. The van der Waals surface area contributed by atoms with Gasteiger partial charge in [-0.3, -0.25) is 4.90 Å². The lowest BCUT2D eigenvalue weighted by Crippen LogP contribution is -2.33. The van der Waals surface area contributed by atoms with E-state index < -0.39 is 6.09 Å². The summed E-state index contributed by atoms with van der Waals surface area (Å²) in [5.41, 5.74) is 2.80. The van der Waals surface area contributed by atoms with Crippen LogP contribution in [0.3, 0.4) is 0 Å². The van der Waals surface area contributed by atoms with E-state index in [4.69, 9.17) is 32.5 Å². The highest BCUT2D eigenvalue weighted by molar-refractivity contribution is 6.42. The number of carbonyl (C=O) groups excluding carboxylic acids is 1. The Hall–Kier alpha value is -2.31. The van der Waals surface area contributed by atoms with Gasteiger partial charge in [-0.15, -0.1) is 0 Å². The monoisotopic (exact) mass is 407 g/mol. The average molecular weight is 408 g/mol. The molecule has 1 aromatic carbocycles. The number of hydrogen-bond donors (Lipinski definition) is 0. The van der Waals surface area contributed by atoms with Gasteiger partial charge in [0, 0.05) is 22.9 Å². The van der Waals surface area contributed by atoms with Crippen LogP contribution in [-0.2, 0) is 4.74 Å². The summed E-state index contributed by atoms with van der Waals surface area (Å²) in [6, 6.07) is 5.43. The van der Waals surface area contributed by atoms with Crippen LogP contribution in [-0.4, -0.2) is 27.2 Å². The van der Waals surface area contributed by atoms with Gasteiger partial charge in [0.05, 0.1) is 16.1 Å². The molecule has 1 aliphatic rings. The predicted molar refractivity (Wildman–Crippen MR) is 103 cm³/mol. The summed E-state index contributed by atoms with van der Waals surface area (Å²) in [5, 5.41) is 4.59. The van der Waals surface area contributed by atoms with Crippen LogP contribution in [0.2, 0.25) is 10.0 Å². The molecular formula is C19H19Cl2N3O3. The van der Waals surface area contributed by atoms with E-state index in [-0.39, 0.29) is 12.0 Å². The Bertz CT molecular complexity index is 920. The van der Waals surface area contributed by atoms with E-state index in [0.717, 1.165) is 5.56 Å². The summed E-state index contributed by atoms with van der Waals surface area (Å²) >= 11 is 12.7. The molecule has 1 unspecified atom stereocenters. The molecule has 3 rings (SSSR count). The molecule has 6 nitrogen and oxygen atoms in total. The number of carbonyl (C=O) groups is 1. The van der Waals surface area contributed by atoms with Gasteiger partial charge in [-0.2, -0.15) is 4.98 Å². The smallest absolute Gasteiger partial charge is 0.418 e. The van der Waals surface area contributed by atoms with Crippen LogP contribution in [0.1, 0.15) is 45.1 Å². The molecule has 1 atom stereocenters. The quantitative estimate of drug-likeness (QED) is 0.656. The molecule has 1 amide bonds. The molecule has 1 aliphatic heterocycles. The van der Waals surface area contributed by atoms with Crippen molar-refractivity contribution in [3.63, 3.8) is 0 Å². The van der Waals surface area contributed by atoms with Gasteiger partial charge in [0.2, 0.25) is 0 Å². The average Bonchev–Trinajstić information content (AvgIpc) is 3.10. The molecule has 27 heavy (non-hydrogen) atoms. The molecular weight excluding hydrogens is 389 g/mol. The number of aromatic nitrogens is 2. The van der Waals surface area contributed by atoms with Crippen LogP contribution in [0.5, 0.6) is 0 Å². The standard InChI is InChI=1S/C19H19Cl2N3O3/c1-10(2)26-19(25)24-11(3)8-14(13-6-5-7-15(20)17(13)21)16(12(24)4)18-22-9-23-27-18/h5-10,14H,1-4H3. The van der Waals surface area contributed by atoms with E-state index in [2.05, 4.69) is 10.1 Å². The molecule has 8 heteroatoms. The highest BCUT2D eigenvalue weighted by Crippen LogP contribution is 2.44. The Morgan fingerprint density at radius 1 is 1.30 bits per heavy atom. The molecule has 0 radical (unpaired) electrons. The van der Waals surface area contributed by atoms with E-state index in [1.54, 1.807) is 19.9 Å². The SMILES string of the molecule is CC1=CC(c2cccc(Cl)c2Cl)C(c2ncno2)=C(C)N1C(=O)OC(C)C. The van der Waals surface area contributed by atoms with Crippen LogP contribution in [0.4, 0.5) is 4.79 Å². The van der Waals surface area contributed by atoms with Crippen molar-refractivity contribution in [1.82, 2.24) is 15.0 Å². The van der Waals surface area contributed by atoms with E-state index in [1.807, 2.05) is 32.1 Å². The lowest BCUT2D eigenvalue weighted by molar-refractivity contribution is 0.0933. The Labute approximate surface area is 167 Å². The fourth-order valence-electron chi connectivity index (χ4n) is 3.13. The minimum atomic E-state index is -0.469. The normalized spacial score (nSPS) is 17.4. The summed E-state index contributed by atoms with van der Waals surface area (Å²) < 4.78 is 10.7. The van der Waals surface area contributed by atoms with Crippen LogP contribution in [0.25, 0.3) is 5.57 Å². The van der Waals surface area contributed by atoms with Gasteiger partial charge in [-0.25, -0.2) is 4.79 Å². The van der Waals surface area contributed by atoms with Crippen LogP contribution < -0.4 is 0 Å². The number of ether oxygens (including phenoxy) is 1. The van der Waals surface area contributed by atoms with Crippen molar-refractivity contribution < 1.29 is 14.1 Å². The Morgan fingerprint density at radius 3 is 2.67 bits per heavy atom. The zero-order valence-electron chi connectivity index (χ0n) is 15.4. The molecule has 0 N–H and O–H groups in total. The van der Waals surface area contributed by atoms with Crippen molar-refractivity contribution in [2.24, 2.45) is 0 Å². The highest BCUT2D eigenvalue weighted by atomic mass is 35.5. The largest absolute Gasteiger partial charge is 0.446 e. The molecule has 2 aromatic rings. The van der Waals surface area contributed by atoms with Crippen molar-refractivity contribution >= 4 is 34.9 Å². The first-order chi connectivity index (χ1) is 12.8. The lowest BCUT2D eigenvalue weighted by Gasteiger charge is -2.33. The third-order valence-electron chi connectivity index (χ3n) is 4.22. The van der Waals surface area contributed by atoms with Gasteiger partial charge in [0.25, 0.3) is 5.89 Å². The molecule has 1 aromatic heterocycles. The van der Waals surface area contributed by atoms with Gasteiger partial charge < -0.3 is 9.26 Å². The van der Waals surface area contributed by atoms with Gasteiger partial charge in [0.15, 0.2) is 6.33 Å². The lowest BCUT2D eigenvalue weighted by atomic mass is 9.86. The van der Waals surface area contributed by atoms with Crippen molar-refractivity contribution in [1.29, 1.82) is 0 Å². The Kier molecular flexibility index (Phi) is 5.58.